The summed E-state index contributed by atoms with van der Waals surface area (Å²) in [7, 11) is -2.11. The first-order chi connectivity index (χ1) is 14.8. The van der Waals surface area contributed by atoms with Crippen molar-refractivity contribution < 1.29 is 13.5 Å². The number of aromatic hydroxyl groups is 1. The first-order valence-corrected chi connectivity index (χ1v) is 12.8. The molecule has 0 aliphatic rings. The lowest BCUT2D eigenvalue weighted by molar-refractivity contribution is 0.421. The molecule has 3 aromatic rings. The SMILES string of the molecule is CC(C)Cc1cc(-c2ccc(Cn3c(O)cn(C)c3=O)cc2)c(S(=O)(=O)NC(C)(C)C)s1. The smallest absolute Gasteiger partial charge is 0.331 e. The second kappa shape index (κ2) is 8.88. The molecule has 3 rings (SSSR count). The molecule has 1 aromatic carbocycles. The molecule has 0 radical (unpaired) electrons. The zero-order valence-corrected chi connectivity index (χ0v) is 21.0. The lowest BCUT2D eigenvalue weighted by Crippen LogP contribution is -2.40. The van der Waals surface area contributed by atoms with Gasteiger partial charge in [0.05, 0.1) is 12.7 Å². The zero-order chi connectivity index (χ0) is 23.8. The summed E-state index contributed by atoms with van der Waals surface area (Å²) in [6, 6.07) is 9.38. The highest BCUT2D eigenvalue weighted by molar-refractivity contribution is 7.91. The normalized spacial score (nSPS) is 12.6. The highest BCUT2D eigenvalue weighted by atomic mass is 32.2. The molecule has 0 spiro atoms. The van der Waals surface area contributed by atoms with E-state index in [9.17, 15) is 18.3 Å². The topological polar surface area (TPSA) is 93.3 Å². The van der Waals surface area contributed by atoms with E-state index >= 15 is 0 Å². The standard InChI is InChI=1S/C23H31N3O4S2/c1-15(2)11-18-12-19(21(31-18)32(29,30)24-23(3,4)5)17-9-7-16(8-10-17)13-26-20(27)14-25(6)22(26)28/h7-10,12,14-15,24,27H,11,13H2,1-6H3. The molecular formula is C23H31N3O4S2. The van der Waals surface area contributed by atoms with Crippen molar-refractivity contribution in [3.63, 3.8) is 0 Å². The Morgan fingerprint density at radius 3 is 2.28 bits per heavy atom. The molecule has 2 heterocycles. The number of imidazole rings is 1. The molecule has 0 saturated carbocycles. The van der Waals surface area contributed by atoms with Crippen LogP contribution in [0.25, 0.3) is 11.1 Å². The Labute approximate surface area is 193 Å². The highest BCUT2D eigenvalue weighted by Crippen LogP contribution is 2.37. The van der Waals surface area contributed by atoms with Crippen molar-refractivity contribution in [3.8, 4) is 17.0 Å². The van der Waals surface area contributed by atoms with Crippen molar-refractivity contribution in [2.45, 2.75) is 57.3 Å². The van der Waals surface area contributed by atoms with Gasteiger partial charge in [0.1, 0.15) is 4.21 Å². The molecule has 32 heavy (non-hydrogen) atoms. The number of benzene rings is 1. The van der Waals surface area contributed by atoms with Crippen molar-refractivity contribution in [1.29, 1.82) is 0 Å². The molecule has 0 fully saturated rings. The number of hydrogen-bond acceptors (Lipinski definition) is 5. The third-order valence-electron chi connectivity index (χ3n) is 4.77. The average Bonchev–Trinajstić information content (AvgIpc) is 3.17. The van der Waals surface area contributed by atoms with Crippen LogP contribution in [0.5, 0.6) is 5.88 Å². The maximum absolute atomic E-state index is 13.2. The first-order valence-electron chi connectivity index (χ1n) is 10.5. The molecule has 7 nitrogen and oxygen atoms in total. The first kappa shape index (κ1) is 24.3. The third kappa shape index (κ3) is 5.51. The van der Waals surface area contributed by atoms with Crippen LogP contribution in [0.4, 0.5) is 0 Å². The number of thiophene rings is 1. The van der Waals surface area contributed by atoms with Crippen LogP contribution in [0.2, 0.25) is 0 Å². The molecule has 0 unspecified atom stereocenters. The van der Waals surface area contributed by atoms with E-state index in [2.05, 4.69) is 18.6 Å². The molecule has 2 N–H and O–H groups in total. The number of aromatic nitrogens is 2. The average molecular weight is 478 g/mol. The summed E-state index contributed by atoms with van der Waals surface area (Å²) in [6.45, 7) is 9.91. The molecule has 0 saturated heterocycles. The second-order valence-electron chi connectivity index (χ2n) is 9.53. The summed E-state index contributed by atoms with van der Waals surface area (Å²) >= 11 is 1.31. The van der Waals surface area contributed by atoms with Gasteiger partial charge in [-0.15, -0.1) is 11.3 Å². The van der Waals surface area contributed by atoms with E-state index in [1.165, 1.54) is 26.7 Å². The van der Waals surface area contributed by atoms with Crippen molar-refractivity contribution >= 4 is 21.4 Å². The number of aryl methyl sites for hydroxylation is 1. The summed E-state index contributed by atoms with van der Waals surface area (Å²) < 4.78 is 32.0. The summed E-state index contributed by atoms with van der Waals surface area (Å²) in [5.41, 5.74) is 1.40. The number of nitrogens with one attached hydrogen (secondary N) is 1. The van der Waals surface area contributed by atoms with Crippen molar-refractivity contribution in [1.82, 2.24) is 13.9 Å². The van der Waals surface area contributed by atoms with Crippen molar-refractivity contribution in [3.05, 3.63) is 57.5 Å². The summed E-state index contributed by atoms with van der Waals surface area (Å²) in [5.74, 6) is 0.311. The predicted molar refractivity (Wildman–Crippen MR) is 129 cm³/mol. The van der Waals surface area contributed by atoms with Gasteiger partial charge in [-0.05, 0) is 50.3 Å². The fraction of sp³-hybridized carbons (Fsp3) is 0.435. The predicted octanol–water partition coefficient (Wildman–Crippen LogP) is 3.94. The van der Waals surface area contributed by atoms with Gasteiger partial charge in [0.15, 0.2) is 0 Å². The molecule has 0 amide bonds. The molecule has 9 heteroatoms. The van der Waals surface area contributed by atoms with Crippen LogP contribution < -0.4 is 10.4 Å². The Morgan fingerprint density at radius 2 is 1.78 bits per heavy atom. The Bertz CT molecular complexity index is 1260. The van der Waals surface area contributed by atoms with Gasteiger partial charge in [-0.1, -0.05) is 38.1 Å². The van der Waals surface area contributed by atoms with Gasteiger partial charge in [0.2, 0.25) is 5.88 Å². The molecular weight excluding hydrogens is 446 g/mol. The van der Waals surface area contributed by atoms with Crippen molar-refractivity contribution in [2.75, 3.05) is 0 Å². The van der Waals surface area contributed by atoms with Gasteiger partial charge in [-0.2, -0.15) is 0 Å². The van der Waals surface area contributed by atoms with Crippen LogP contribution in [0.15, 0.2) is 45.5 Å². The molecule has 0 bridgehead atoms. The quantitative estimate of drug-likeness (QED) is 0.539. The lowest BCUT2D eigenvalue weighted by atomic mass is 10.0. The minimum Gasteiger partial charge on any atom is -0.493 e. The minimum atomic E-state index is -3.69. The van der Waals surface area contributed by atoms with Crippen LogP contribution in [-0.2, 0) is 30.0 Å². The van der Waals surface area contributed by atoms with Gasteiger partial charge < -0.3 is 5.11 Å². The van der Waals surface area contributed by atoms with E-state index in [1.807, 2.05) is 51.1 Å². The number of sulfonamides is 1. The largest absolute Gasteiger partial charge is 0.493 e. The monoisotopic (exact) mass is 477 g/mol. The molecule has 0 aliphatic carbocycles. The van der Waals surface area contributed by atoms with Crippen LogP contribution in [-0.4, -0.2) is 28.2 Å². The van der Waals surface area contributed by atoms with E-state index < -0.39 is 15.6 Å². The molecule has 0 aliphatic heterocycles. The summed E-state index contributed by atoms with van der Waals surface area (Å²) in [5, 5.41) is 9.97. The van der Waals surface area contributed by atoms with E-state index in [-0.39, 0.29) is 18.1 Å². The number of hydrogen-bond donors (Lipinski definition) is 2. The van der Waals surface area contributed by atoms with Crippen LogP contribution in [0.1, 0.15) is 45.1 Å². The van der Waals surface area contributed by atoms with E-state index in [0.717, 1.165) is 22.4 Å². The summed E-state index contributed by atoms with van der Waals surface area (Å²) in [4.78, 5) is 13.2. The van der Waals surface area contributed by atoms with E-state index in [4.69, 9.17) is 0 Å². The van der Waals surface area contributed by atoms with Gasteiger partial charge in [0, 0.05) is 23.0 Å². The third-order valence-corrected chi connectivity index (χ3v) is 8.22. The Balaban J connectivity index is 1.99. The molecule has 2 aromatic heterocycles. The maximum atomic E-state index is 13.2. The molecule has 0 atom stereocenters. The number of rotatable bonds is 7. The Hall–Kier alpha value is -2.36. The fourth-order valence-electron chi connectivity index (χ4n) is 3.48. The van der Waals surface area contributed by atoms with E-state index in [0.29, 0.717) is 15.7 Å². The van der Waals surface area contributed by atoms with Crippen LogP contribution >= 0.6 is 11.3 Å². The van der Waals surface area contributed by atoms with Crippen LogP contribution in [0.3, 0.4) is 0 Å². The Kier molecular flexibility index (Phi) is 6.74. The number of nitrogens with zero attached hydrogens (tertiary/aromatic N) is 2. The van der Waals surface area contributed by atoms with Crippen LogP contribution in [0, 0.1) is 5.92 Å². The molecule has 174 valence electrons. The summed E-state index contributed by atoms with van der Waals surface area (Å²) in [6.07, 6.45) is 2.18. The Morgan fingerprint density at radius 1 is 1.16 bits per heavy atom. The van der Waals surface area contributed by atoms with E-state index in [1.54, 1.807) is 7.05 Å². The van der Waals surface area contributed by atoms with Gasteiger partial charge in [-0.3, -0.25) is 9.13 Å². The lowest BCUT2D eigenvalue weighted by Gasteiger charge is -2.20. The van der Waals surface area contributed by atoms with Gasteiger partial charge in [0.25, 0.3) is 10.0 Å². The highest BCUT2D eigenvalue weighted by Gasteiger charge is 2.28. The van der Waals surface area contributed by atoms with Crippen molar-refractivity contribution in [2.24, 2.45) is 13.0 Å². The van der Waals surface area contributed by atoms with Gasteiger partial charge >= 0.3 is 5.69 Å². The maximum Gasteiger partial charge on any atom is 0.331 e. The second-order valence-corrected chi connectivity index (χ2v) is 12.5. The fourth-order valence-corrected chi connectivity index (χ4v) is 6.85. The van der Waals surface area contributed by atoms with Gasteiger partial charge in [-0.25, -0.2) is 17.9 Å². The minimum absolute atomic E-state index is 0.0978. The zero-order valence-electron chi connectivity index (χ0n) is 19.3.